The molecule has 5 nitrogen and oxygen atoms in total. The molecule has 0 saturated heterocycles. The lowest BCUT2D eigenvalue weighted by Gasteiger charge is -2.04. The molecule has 0 aliphatic heterocycles. The Hall–Kier alpha value is -3.25. The van der Waals surface area contributed by atoms with Gasteiger partial charge in [0.2, 0.25) is 5.78 Å². The second-order valence-corrected chi connectivity index (χ2v) is 7.14. The van der Waals surface area contributed by atoms with Crippen molar-refractivity contribution in [1.82, 2.24) is 9.78 Å². The number of carbonyl (C=O) groups is 2. The van der Waals surface area contributed by atoms with Crippen molar-refractivity contribution in [3.8, 4) is 0 Å². The third-order valence-corrected chi connectivity index (χ3v) is 4.87. The first-order valence-electron chi connectivity index (χ1n) is 9.26. The molecule has 0 amide bonds. The highest BCUT2D eigenvalue weighted by Crippen LogP contribution is 2.22. The van der Waals surface area contributed by atoms with Gasteiger partial charge in [0.05, 0.1) is 17.8 Å². The van der Waals surface area contributed by atoms with Crippen molar-refractivity contribution in [1.29, 1.82) is 0 Å². The molecular weight excluding hydrogens is 407 g/mol. The van der Waals surface area contributed by atoms with E-state index in [0.29, 0.717) is 23.0 Å². The maximum absolute atomic E-state index is 13.6. The number of halogens is 2. The number of aryl methyl sites for hydroxylation is 2. The second-order valence-electron chi connectivity index (χ2n) is 6.78. The number of Topliss-reactive ketones (excluding diaryl/α,β-unsaturated/α-hetero) is 1. The van der Waals surface area contributed by atoms with E-state index in [4.69, 9.17) is 16.3 Å². The summed E-state index contributed by atoms with van der Waals surface area (Å²) in [7, 11) is 0. The minimum atomic E-state index is -0.735. The number of ether oxygens (including phenoxy) is 1. The van der Waals surface area contributed by atoms with Gasteiger partial charge in [-0.05, 0) is 37.6 Å². The highest BCUT2D eigenvalue weighted by atomic mass is 35.5. The zero-order valence-corrected chi connectivity index (χ0v) is 17.3. The fourth-order valence-electron chi connectivity index (χ4n) is 2.83. The Bertz CT molecular complexity index is 1100. The van der Waals surface area contributed by atoms with Crippen molar-refractivity contribution < 1.29 is 18.7 Å². The van der Waals surface area contributed by atoms with Gasteiger partial charge in [-0.15, -0.1) is 0 Å². The van der Waals surface area contributed by atoms with Crippen LogP contribution in [0.5, 0.6) is 0 Å². The molecular formula is C23H20ClFN2O3. The summed E-state index contributed by atoms with van der Waals surface area (Å²) in [5, 5.41) is 4.80. The normalized spacial score (nSPS) is 11.1. The van der Waals surface area contributed by atoms with Crippen molar-refractivity contribution in [2.75, 3.05) is 6.61 Å². The Labute approximate surface area is 178 Å². The number of hydrogen-bond donors (Lipinski definition) is 0. The quantitative estimate of drug-likeness (QED) is 0.310. The fourth-order valence-corrected chi connectivity index (χ4v) is 3.13. The standard InChI is InChI=1S/C23H20ClFN2O3/c1-15-7-9-17(10-8-15)13-27-23(24)18(16(2)26-27)11-12-22(29)30-14-21(28)19-5-3-4-6-20(19)25/h3-12H,13-14H2,1-2H3/b12-11+. The van der Waals surface area contributed by atoms with Crippen LogP contribution in [0.2, 0.25) is 5.15 Å². The van der Waals surface area contributed by atoms with Gasteiger partial charge < -0.3 is 4.74 Å². The molecule has 0 bridgehead atoms. The van der Waals surface area contributed by atoms with E-state index in [-0.39, 0.29) is 5.56 Å². The topological polar surface area (TPSA) is 61.2 Å². The lowest BCUT2D eigenvalue weighted by Crippen LogP contribution is -2.13. The minimum Gasteiger partial charge on any atom is -0.454 e. The monoisotopic (exact) mass is 426 g/mol. The molecule has 3 aromatic rings. The van der Waals surface area contributed by atoms with Gasteiger partial charge in [0.15, 0.2) is 6.61 Å². The largest absolute Gasteiger partial charge is 0.454 e. The van der Waals surface area contributed by atoms with Crippen LogP contribution in [0.25, 0.3) is 6.08 Å². The smallest absolute Gasteiger partial charge is 0.331 e. The van der Waals surface area contributed by atoms with Crippen LogP contribution in [-0.2, 0) is 16.1 Å². The molecule has 0 unspecified atom stereocenters. The zero-order chi connectivity index (χ0) is 21.7. The van der Waals surface area contributed by atoms with Crippen LogP contribution >= 0.6 is 11.6 Å². The van der Waals surface area contributed by atoms with Crippen LogP contribution < -0.4 is 0 Å². The Morgan fingerprint density at radius 3 is 2.53 bits per heavy atom. The summed E-state index contributed by atoms with van der Waals surface area (Å²) in [4.78, 5) is 23.9. The third-order valence-electron chi connectivity index (χ3n) is 4.47. The molecule has 2 aromatic carbocycles. The fraction of sp³-hybridized carbons (Fsp3) is 0.174. The lowest BCUT2D eigenvalue weighted by atomic mass is 10.1. The predicted octanol–water partition coefficient (Wildman–Crippen LogP) is 4.78. The van der Waals surface area contributed by atoms with Crippen molar-refractivity contribution in [2.45, 2.75) is 20.4 Å². The number of esters is 1. The number of aromatic nitrogens is 2. The SMILES string of the molecule is Cc1ccc(Cn2nc(C)c(/C=C/C(=O)OCC(=O)c3ccccc3F)c2Cl)cc1. The van der Waals surface area contributed by atoms with E-state index >= 15 is 0 Å². The third kappa shape index (κ3) is 5.21. The molecule has 0 radical (unpaired) electrons. The van der Waals surface area contributed by atoms with Crippen LogP contribution in [-0.4, -0.2) is 28.1 Å². The van der Waals surface area contributed by atoms with Gasteiger partial charge in [0.1, 0.15) is 11.0 Å². The van der Waals surface area contributed by atoms with Crippen molar-refractivity contribution in [3.63, 3.8) is 0 Å². The van der Waals surface area contributed by atoms with Crippen LogP contribution in [0.1, 0.15) is 32.7 Å². The number of benzene rings is 2. The van der Waals surface area contributed by atoms with E-state index in [1.165, 1.54) is 36.4 Å². The van der Waals surface area contributed by atoms with E-state index in [2.05, 4.69) is 5.10 Å². The minimum absolute atomic E-state index is 0.120. The van der Waals surface area contributed by atoms with Gasteiger partial charge in [0.25, 0.3) is 0 Å². The van der Waals surface area contributed by atoms with E-state index < -0.39 is 24.2 Å². The summed E-state index contributed by atoms with van der Waals surface area (Å²) in [6.45, 7) is 3.74. The highest BCUT2D eigenvalue weighted by Gasteiger charge is 2.14. The van der Waals surface area contributed by atoms with Gasteiger partial charge >= 0.3 is 5.97 Å². The summed E-state index contributed by atoms with van der Waals surface area (Å²) >= 11 is 6.42. The first kappa shape index (κ1) is 21.5. The molecule has 0 saturated carbocycles. The van der Waals surface area contributed by atoms with Crippen LogP contribution in [0.3, 0.4) is 0 Å². The zero-order valence-electron chi connectivity index (χ0n) is 16.6. The average Bonchev–Trinajstić information content (AvgIpc) is 2.99. The summed E-state index contributed by atoms with van der Waals surface area (Å²) in [5.41, 5.74) is 3.33. The predicted molar refractivity (Wildman–Crippen MR) is 113 cm³/mol. The summed E-state index contributed by atoms with van der Waals surface area (Å²) in [5.74, 6) is -2.01. The number of nitrogens with zero attached hydrogens (tertiary/aromatic N) is 2. The maximum Gasteiger partial charge on any atom is 0.331 e. The molecule has 154 valence electrons. The summed E-state index contributed by atoms with van der Waals surface area (Å²) in [6.07, 6.45) is 2.66. The van der Waals surface area contributed by atoms with Crippen LogP contribution in [0.4, 0.5) is 4.39 Å². The van der Waals surface area contributed by atoms with Crippen molar-refractivity contribution in [3.05, 3.63) is 93.5 Å². The average molecular weight is 427 g/mol. The molecule has 0 atom stereocenters. The van der Waals surface area contributed by atoms with Gasteiger partial charge in [0, 0.05) is 11.6 Å². The Kier molecular flexibility index (Phi) is 6.79. The van der Waals surface area contributed by atoms with E-state index in [1.54, 1.807) is 11.6 Å². The molecule has 0 fully saturated rings. The number of hydrogen-bond acceptors (Lipinski definition) is 4. The Balaban J connectivity index is 1.63. The molecule has 1 aromatic heterocycles. The first-order valence-corrected chi connectivity index (χ1v) is 9.64. The second kappa shape index (κ2) is 9.50. The van der Waals surface area contributed by atoms with E-state index in [0.717, 1.165) is 11.1 Å². The number of rotatable bonds is 7. The molecule has 7 heteroatoms. The van der Waals surface area contributed by atoms with E-state index in [9.17, 15) is 14.0 Å². The molecule has 0 N–H and O–H groups in total. The van der Waals surface area contributed by atoms with Crippen molar-refractivity contribution in [2.24, 2.45) is 0 Å². The Morgan fingerprint density at radius 1 is 1.13 bits per heavy atom. The van der Waals surface area contributed by atoms with Gasteiger partial charge in [-0.1, -0.05) is 53.6 Å². The van der Waals surface area contributed by atoms with Crippen molar-refractivity contribution >= 4 is 29.4 Å². The molecule has 0 aliphatic rings. The van der Waals surface area contributed by atoms with Crippen LogP contribution in [0, 0.1) is 19.7 Å². The summed E-state index contributed by atoms with van der Waals surface area (Å²) < 4.78 is 20.2. The molecule has 3 rings (SSSR count). The molecule has 0 aliphatic carbocycles. The summed E-state index contributed by atoms with van der Waals surface area (Å²) in [6, 6.07) is 13.6. The van der Waals surface area contributed by atoms with Crippen LogP contribution in [0.15, 0.2) is 54.6 Å². The van der Waals surface area contributed by atoms with E-state index in [1.807, 2.05) is 31.2 Å². The lowest BCUT2D eigenvalue weighted by molar-refractivity contribution is -0.136. The Morgan fingerprint density at radius 2 is 1.83 bits per heavy atom. The molecule has 30 heavy (non-hydrogen) atoms. The van der Waals surface area contributed by atoms with Gasteiger partial charge in [-0.3, -0.25) is 4.79 Å². The van der Waals surface area contributed by atoms with Gasteiger partial charge in [-0.2, -0.15) is 5.10 Å². The van der Waals surface area contributed by atoms with Gasteiger partial charge in [-0.25, -0.2) is 13.9 Å². The number of ketones is 1. The first-order chi connectivity index (χ1) is 14.3. The maximum atomic E-state index is 13.6. The highest BCUT2D eigenvalue weighted by molar-refractivity contribution is 6.31. The number of carbonyl (C=O) groups excluding carboxylic acids is 2. The molecule has 0 spiro atoms. The molecule has 1 heterocycles.